The topological polar surface area (TPSA) is 63.4 Å². The van der Waals surface area contributed by atoms with Gasteiger partial charge in [-0.05, 0) is 30.5 Å². The van der Waals surface area contributed by atoms with Gasteiger partial charge < -0.3 is 5.73 Å². The molecule has 0 saturated carbocycles. The molecule has 4 nitrogen and oxygen atoms in total. The molecule has 0 aliphatic heterocycles. The maximum Gasteiger partial charge on any atom is 0.243 e. The Morgan fingerprint density at radius 3 is 2.39 bits per heavy atom. The second kappa shape index (κ2) is 5.82. The van der Waals surface area contributed by atoms with Crippen molar-refractivity contribution >= 4 is 10.0 Å². The largest absolute Gasteiger partial charge is 0.329 e. The van der Waals surface area contributed by atoms with Crippen molar-refractivity contribution in [3.8, 4) is 0 Å². The normalized spacial score (nSPS) is 14.2. The van der Waals surface area contributed by atoms with Gasteiger partial charge in [0.1, 0.15) is 0 Å². The van der Waals surface area contributed by atoms with E-state index in [1.165, 1.54) is 4.31 Å². The molecule has 1 aromatic carbocycles. The van der Waals surface area contributed by atoms with E-state index in [0.717, 1.165) is 5.56 Å². The van der Waals surface area contributed by atoms with Crippen molar-refractivity contribution in [3.63, 3.8) is 0 Å². The molecule has 0 amide bonds. The van der Waals surface area contributed by atoms with Crippen LogP contribution in [0.15, 0.2) is 29.2 Å². The van der Waals surface area contributed by atoms with E-state index in [9.17, 15) is 8.42 Å². The number of sulfonamides is 1. The van der Waals surface area contributed by atoms with Crippen LogP contribution in [0.4, 0.5) is 0 Å². The third-order valence-electron chi connectivity index (χ3n) is 3.16. The van der Waals surface area contributed by atoms with Crippen molar-refractivity contribution in [2.75, 3.05) is 13.6 Å². The molecule has 0 spiro atoms. The van der Waals surface area contributed by atoms with E-state index < -0.39 is 10.0 Å². The summed E-state index contributed by atoms with van der Waals surface area (Å²) >= 11 is 0. The van der Waals surface area contributed by atoms with Gasteiger partial charge in [-0.3, -0.25) is 0 Å². The highest BCUT2D eigenvalue weighted by atomic mass is 32.2. The Labute approximate surface area is 110 Å². The zero-order valence-corrected chi connectivity index (χ0v) is 12.2. The second-order valence-electron chi connectivity index (χ2n) is 4.83. The maximum absolute atomic E-state index is 12.4. The van der Waals surface area contributed by atoms with E-state index >= 15 is 0 Å². The summed E-state index contributed by atoms with van der Waals surface area (Å²) in [6.07, 6.45) is 0. The SMILES string of the molecule is CC(C)c1cccc(S(=O)(=O)N(C)C(C)CN)c1. The molecule has 18 heavy (non-hydrogen) atoms. The standard InChI is InChI=1S/C13H22N2O2S/c1-10(2)12-6-5-7-13(8-12)18(16,17)15(4)11(3)9-14/h5-8,10-11H,9,14H2,1-4H3. The summed E-state index contributed by atoms with van der Waals surface area (Å²) in [6.45, 7) is 6.18. The summed E-state index contributed by atoms with van der Waals surface area (Å²) in [4.78, 5) is 0.330. The number of hydrogen-bond acceptors (Lipinski definition) is 3. The lowest BCUT2D eigenvalue weighted by molar-refractivity contribution is 0.394. The molecule has 0 fully saturated rings. The average molecular weight is 270 g/mol. The first kappa shape index (κ1) is 15.1. The lowest BCUT2D eigenvalue weighted by Gasteiger charge is -2.23. The van der Waals surface area contributed by atoms with Gasteiger partial charge in [0.15, 0.2) is 0 Å². The maximum atomic E-state index is 12.4. The molecule has 0 aliphatic carbocycles. The fraction of sp³-hybridized carbons (Fsp3) is 0.538. The molecular weight excluding hydrogens is 248 g/mol. The second-order valence-corrected chi connectivity index (χ2v) is 6.83. The molecule has 1 atom stereocenters. The number of benzene rings is 1. The predicted molar refractivity (Wildman–Crippen MR) is 74.0 cm³/mol. The van der Waals surface area contributed by atoms with Crippen LogP contribution in [0.2, 0.25) is 0 Å². The number of likely N-dealkylation sites (N-methyl/N-ethyl adjacent to an activating group) is 1. The third-order valence-corrected chi connectivity index (χ3v) is 5.13. The minimum atomic E-state index is -3.45. The van der Waals surface area contributed by atoms with Gasteiger partial charge in [0.05, 0.1) is 4.90 Å². The Morgan fingerprint density at radius 2 is 1.89 bits per heavy atom. The number of hydrogen-bond donors (Lipinski definition) is 1. The molecule has 0 aromatic heterocycles. The monoisotopic (exact) mass is 270 g/mol. The first-order chi connectivity index (χ1) is 8.30. The fourth-order valence-electron chi connectivity index (χ4n) is 1.59. The molecule has 2 N–H and O–H groups in total. The van der Waals surface area contributed by atoms with Crippen LogP contribution in [0.1, 0.15) is 32.3 Å². The average Bonchev–Trinajstić information content (AvgIpc) is 2.36. The Balaban J connectivity index is 3.16. The first-order valence-electron chi connectivity index (χ1n) is 6.08. The quantitative estimate of drug-likeness (QED) is 0.887. The van der Waals surface area contributed by atoms with Gasteiger partial charge in [-0.25, -0.2) is 8.42 Å². The molecule has 0 heterocycles. The van der Waals surface area contributed by atoms with Crippen molar-refractivity contribution < 1.29 is 8.42 Å². The lowest BCUT2D eigenvalue weighted by Crippen LogP contribution is -2.39. The molecule has 1 rings (SSSR count). The minimum Gasteiger partial charge on any atom is -0.329 e. The Bertz CT molecular complexity index is 497. The van der Waals surface area contributed by atoms with Crippen molar-refractivity contribution in [3.05, 3.63) is 29.8 Å². The highest BCUT2D eigenvalue weighted by Crippen LogP contribution is 2.21. The summed E-state index contributed by atoms with van der Waals surface area (Å²) in [5.74, 6) is 0.303. The summed E-state index contributed by atoms with van der Waals surface area (Å²) < 4.78 is 26.1. The van der Waals surface area contributed by atoms with Crippen LogP contribution in [0, 0.1) is 0 Å². The Morgan fingerprint density at radius 1 is 1.28 bits per heavy atom. The van der Waals surface area contributed by atoms with Gasteiger partial charge >= 0.3 is 0 Å². The van der Waals surface area contributed by atoms with Crippen molar-refractivity contribution in [2.45, 2.75) is 37.6 Å². The van der Waals surface area contributed by atoms with Gasteiger partial charge in [-0.15, -0.1) is 0 Å². The minimum absolute atomic E-state index is 0.210. The van der Waals surface area contributed by atoms with Crippen molar-refractivity contribution in [2.24, 2.45) is 5.73 Å². The number of nitrogens with two attached hydrogens (primary N) is 1. The van der Waals surface area contributed by atoms with Crippen LogP contribution in [-0.2, 0) is 10.0 Å². The van der Waals surface area contributed by atoms with E-state index in [4.69, 9.17) is 5.73 Å². The Kier molecular flexibility index (Phi) is 4.90. The van der Waals surface area contributed by atoms with E-state index in [1.54, 1.807) is 32.2 Å². The molecule has 0 radical (unpaired) electrons. The molecule has 5 heteroatoms. The summed E-state index contributed by atoms with van der Waals surface area (Å²) in [5.41, 5.74) is 6.54. The van der Waals surface area contributed by atoms with Crippen LogP contribution >= 0.6 is 0 Å². The molecule has 0 saturated heterocycles. The van der Waals surface area contributed by atoms with Crippen molar-refractivity contribution in [1.82, 2.24) is 4.31 Å². The molecular formula is C13H22N2O2S. The summed E-state index contributed by atoms with van der Waals surface area (Å²) in [6, 6.07) is 6.87. The highest BCUT2D eigenvalue weighted by molar-refractivity contribution is 7.89. The zero-order chi connectivity index (χ0) is 13.9. The van der Waals surface area contributed by atoms with Gasteiger partial charge in [-0.1, -0.05) is 26.0 Å². The van der Waals surface area contributed by atoms with Crippen LogP contribution in [-0.4, -0.2) is 32.4 Å². The molecule has 1 unspecified atom stereocenters. The van der Waals surface area contributed by atoms with Gasteiger partial charge in [-0.2, -0.15) is 4.31 Å². The van der Waals surface area contributed by atoms with Crippen LogP contribution in [0.5, 0.6) is 0 Å². The van der Waals surface area contributed by atoms with Gasteiger partial charge in [0, 0.05) is 19.6 Å². The Hall–Kier alpha value is -0.910. The van der Waals surface area contributed by atoms with Crippen LogP contribution in [0.3, 0.4) is 0 Å². The van der Waals surface area contributed by atoms with E-state index in [0.29, 0.717) is 17.4 Å². The first-order valence-corrected chi connectivity index (χ1v) is 7.52. The fourth-order valence-corrected chi connectivity index (χ4v) is 3.01. The summed E-state index contributed by atoms with van der Waals surface area (Å²) in [7, 11) is -1.89. The lowest BCUT2D eigenvalue weighted by atomic mass is 10.0. The van der Waals surface area contributed by atoms with Crippen LogP contribution in [0.25, 0.3) is 0 Å². The van der Waals surface area contributed by atoms with E-state index in [-0.39, 0.29) is 6.04 Å². The molecule has 102 valence electrons. The van der Waals surface area contributed by atoms with E-state index in [1.807, 2.05) is 19.9 Å². The van der Waals surface area contributed by atoms with Gasteiger partial charge in [0.25, 0.3) is 0 Å². The summed E-state index contributed by atoms with van der Waals surface area (Å²) in [5, 5.41) is 0. The van der Waals surface area contributed by atoms with Gasteiger partial charge in [0.2, 0.25) is 10.0 Å². The van der Waals surface area contributed by atoms with Crippen molar-refractivity contribution in [1.29, 1.82) is 0 Å². The predicted octanol–water partition coefficient (Wildman–Crippen LogP) is 1.78. The number of nitrogens with zero attached hydrogens (tertiary/aromatic N) is 1. The molecule has 1 aromatic rings. The molecule has 0 aliphatic rings. The third kappa shape index (κ3) is 3.10. The molecule has 0 bridgehead atoms. The smallest absolute Gasteiger partial charge is 0.243 e. The zero-order valence-electron chi connectivity index (χ0n) is 11.4. The van der Waals surface area contributed by atoms with E-state index in [2.05, 4.69) is 0 Å². The highest BCUT2D eigenvalue weighted by Gasteiger charge is 2.24. The number of rotatable bonds is 5. The van der Waals surface area contributed by atoms with Crippen LogP contribution < -0.4 is 5.73 Å².